The Balaban J connectivity index is 1.47. The average molecular weight is 303 g/mol. The molecule has 0 aliphatic carbocycles. The number of nitrogens with one attached hydrogen (secondary N) is 2. The van der Waals surface area contributed by atoms with Gasteiger partial charge in [-0.3, -0.25) is 9.20 Å². The minimum Gasteiger partial charge on any atom is -0.356 e. The predicted molar refractivity (Wildman–Crippen MR) is 82.7 cm³/mol. The van der Waals surface area contributed by atoms with Crippen LogP contribution in [-0.2, 0) is 11.3 Å². The highest BCUT2D eigenvalue weighted by molar-refractivity contribution is 5.75. The highest BCUT2D eigenvalue weighted by Gasteiger charge is 2.14. The topological polar surface area (TPSA) is 80.4 Å². The first-order chi connectivity index (χ1) is 10.7. The zero-order valence-electron chi connectivity index (χ0n) is 12.5. The zero-order valence-corrected chi connectivity index (χ0v) is 12.5. The lowest BCUT2D eigenvalue weighted by Gasteiger charge is -2.09. The maximum absolute atomic E-state index is 12.1. The van der Waals surface area contributed by atoms with Crippen molar-refractivity contribution in [3.05, 3.63) is 34.9 Å². The summed E-state index contributed by atoms with van der Waals surface area (Å²) in [7, 11) is 0. The highest BCUT2D eigenvalue weighted by Crippen LogP contribution is 2.10. The van der Waals surface area contributed by atoms with Gasteiger partial charge in [0.1, 0.15) is 0 Å². The number of aromatic nitrogens is 3. The van der Waals surface area contributed by atoms with Gasteiger partial charge in [-0.15, -0.1) is 5.10 Å². The van der Waals surface area contributed by atoms with E-state index in [1.54, 1.807) is 18.3 Å². The van der Waals surface area contributed by atoms with Crippen LogP contribution in [0.1, 0.15) is 19.3 Å². The van der Waals surface area contributed by atoms with Gasteiger partial charge < -0.3 is 10.6 Å². The van der Waals surface area contributed by atoms with Crippen LogP contribution in [0.25, 0.3) is 5.65 Å². The molecule has 22 heavy (non-hydrogen) atoms. The van der Waals surface area contributed by atoms with E-state index >= 15 is 0 Å². The van der Waals surface area contributed by atoms with Gasteiger partial charge in [0.2, 0.25) is 5.91 Å². The van der Waals surface area contributed by atoms with Gasteiger partial charge in [0.15, 0.2) is 5.65 Å². The van der Waals surface area contributed by atoms with Crippen LogP contribution in [0, 0.1) is 5.92 Å². The Kier molecular flexibility index (Phi) is 4.53. The molecule has 0 radical (unpaired) electrons. The minimum absolute atomic E-state index is 0.0325. The summed E-state index contributed by atoms with van der Waals surface area (Å²) in [6.07, 6.45) is 4.14. The number of carbonyl (C=O) groups is 1. The van der Waals surface area contributed by atoms with Crippen molar-refractivity contribution in [2.75, 3.05) is 19.6 Å². The predicted octanol–water partition coefficient (Wildman–Crippen LogP) is 0.00190. The number of carbonyl (C=O) groups excluding carboxylic acids is 1. The van der Waals surface area contributed by atoms with Gasteiger partial charge in [-0.05, 0) is 44.0 Å². The molecule has 3 rings (SSSR count). The van der Waals surface area contributed by atoms with Crippen LogP contribution in [0.3, 0.4) is 0 Å². The van der Waals surface area contributed by atoms with E-state index in [9.17, 15) is 9.59 Å². The standard InChI is InChI=1S/C15H21N5O2/c21-14(17-8-5-12-4-7-16-11-12)6-10-20-15(22)19-9-2-1-3-13(19)18-20/h1-3,9,12,16H,4-8,10-11H2,(H,17,21). The summed E-state index contributed by atoms with van der Waals surface area (Å²) >= 11 is 0. The molecule has 1 atom stereocenters. The first kappa shape index (κ1) is 14.8. The number of aryl methyl sites for hydroxylation is 1. The Morgan fingerprint density at radius 3 is 3.14 bits per heavy atom. The van der Waals surface area contributed by atoms with Gasteiger partial charge >= 0.3 is 5.69 Å². The molecule has 1 aliphatic rings. The Hall–Kier alpha value is -2.15. The first-order valence-corrected chi connectivity index (χ1v) is 7.75. The summed E-state index contributed by atoms with van der Waals surface area (Å²) in [5.41, 5.74) is 0.391. The second-order valence-electron chi connectivity index (χ2n) is 5.68. The number of pyridine rings is 1. The number of fused-ring (bicyclic) bond motifs is 1. The molecule has 0 saturated carbocycles. The molecule has 7 heteroatoms. The molecule has 1 unspecified atom stereocenters. The number of hydrogen-bond acceptors (Lipinski definition) is 4. The van der Waals surface area contributed by atoms with Crippen molar-refractivity contribution in [2.45, 2.75) is 25.8 Å². The van der Waals surface area contributed by atoms with Crippen LogP contribution < -0.4 is 16.3 Å². The average Bonchev–Trinajstić information content (AvgIpc) is 3.14. The Morgan fingerprint density at radius 1 is 1.45 bits per heavy atom. The maximum Gasteiger partial charge on any atom is 0.350 e. The highest BCUT2D eigenvalue weighted by atomic mass is 16.2. The van der Waals surface area contributed by atoms with E-state index in [1.165, 1.54) is 15.5 Å². The van der Waals surface area contributed by atoms with E-state index in [0.717, 1.165) is 19.5 Å². The van der Waals surface area contributed by atoms with Crippen molar-refractivity contribution in [3.8, 4) is 0 Å². The summed E-state index contributed by atoms with van der Waals surface area (Å²) in [5.74, 6) is 0.635. The number of nitrogens with zero attached hydrogens (tertiary/aromatic N) is 3. The summed E-state index contributed by atoms with van der Waals surface area (Å²) in [4.78, 5) is 23.9. The first-order valence-electron chi connectivity index (χ1n) is 7.75. The fourth-order valence-electron chi connectivity index (χ4n) is 2.79. The smallest absolute Gasteiger partial charge is 0.350 e. The van der Waals surface area contributed by atoms with E-state index in [0.29, 0.717) is 24.7 Å². The van der Waals surface area contributed by atoms with E-state index in [4.69, 9.17) is 0 Å². The van der Waals surface area contributed by atoms with Gasteiger partial charge in [-0.2, -0.15) is 0 Å². The van der Waals surface area contributed by atoms with Gasteiger partial charge in [-0.1, -0.05) is 6.07 Å². The molecule has 7 nitrogen and oxygen atoms in total. The lowest BCUT2D eigenvalue weighted by atomic mass is 10.1. The van der Waals surface area contributed by atoms with Gasteiger partial charge in [0, 0.05) is 19.2 Å². The molecule has 2 aromatic rings. The molecular formula is C15H21N5O2. The van der Waals surface area contributed by atoms with Crippen LogP contribution in [-0.4, -0.2) is 39.7 Å². The second-order valence-corrected chi connectivity index (χ2v) is 5.68. The monoisotopic (exact) mass is 303 g/mol. The van der Waals surface area contributed by atoms with Crippen LogP contribution in [0.15, 0.2) is 29.2 Å². The van der Waals surface area contributed by atoms with Crippen molar-refractivity contribution < 1.29 is 4.79 Å². The molecule has 0 aromatic carbocycles. The zero-order chi connectivity index (χ0) is 15.4. The summed E-state index contributed by atoms with van der Waals surface area (Å²) < 4.78 is 2.82. The summed E-state index contributed by atoms with van der Waals surface area (Å²) in [6, 6.07) is 5.38. The molecule has 118 valence electrons. The van der Waals surface area contributed by atoms with E-state index in [2.05, 4.69) is 15.7 Å². The van der Waals surface area contributed by atoms with Crippen LogP contribution in [0.2, 0.25) is 0 Å². The van der Waals surface area contributed by atoms with Crippen molar-refractivity contribution in [1.29, 1.82) is 0 Å². The molecule has 1 fully saturated rings. The van der Waals surface area contributed by atoms with Crippen molar-refractivity contribution in [1.82, 2.24) is 24.8 Å². The van der Waals surface area contributed by atoms with E-state index in [1.807, 2.05) is 6.07 Å². The van der Waals surface area contributed by atoms with Crippen LogP contribution in [0.5, 0.6) is 0 Å². The Bertz CT molecular complexity index is 699. The minimum atomic E-state index is -0.208. The third-order valence-electron chi connectivity index (χ3n) is 4.08. The maximum atomic E-state index is 12.1. The largest absolute Gasteiger partial charge is 0.356 e. The molecule has 2 N–H and O–H groups in total. The Morgan fingerprint density at radius 2 is 2.36 bits per heavy atom. The quantitative estimate of drug-likeness (QED) is 0.787. The van der Waals surface area contributed by atoms with Gasteiger partial charge in [-0.25, -0.2) is 9.48 Å². The van der Waals surface area contributed by atoms with Crippen LogP contribution in [0.4, 0.5) is 0 Å². The van der Waals surface area contributed by atoms with E-state index < -0.39 is 0 Å². The summed E-state index contributed by atoms with van der Waals surface area (Å²) in [5, 5.41) is 10.4. The van der Waals surface area contributed by atoms with E-state index in [-0.39, 0.29) is 18.0 Å². The third-order valence-corrected chi connectivity index (χ3v) is 4.08. The molecule has 1 saturated heterocycles. The number of amides is 1. The van der Waals surface area contributed by atoms with Crippen molar-refractivity contribution in [3.63, 3.8) is 0 Å². The van der Waals surface area contributed by atoms with Crippen molar-refractivity contribution >= 4 is 11.6 Å². The molecule has 0 bridgehead atoms. The Labute approximate surface area is 128 Å². The number of rotatable bonds is 6. The summed E-state index contributed by atoms with van der Waals surface area (Å²) in [6.45, 7) is 3.13. The molecule has 3 heterocycles. The van der Waals surface area contributed by atoms with Gasteiger partial charge in [0.25, 0.3) is 0 Å². The normalized spacial score (nSPS) is 17.9. The SMILES string of the molecule is O=C(CCn1nc2ccccn2c1=O)NCCC1CCNC1. The lowest BCUT2D eigenvalue weighted by molar-refractivity contribution is -0.121. The number of hydrogen-bond donors (Lipinski definition) is 2. The third kappa shape index (κ3) is 3.36. The molecular weight excluding hydrogens is 282 g/mol. The van der Waals surface area contributed by atoms with Gasteiger partial charge in [0.05, 0.1) is 6.54 Å². The lowest BCUT2D eigenvalue weighted by Crippen LogP contribution is -2.29. The fraction of sp³-hybridized carbons (Fsp3) is 0.533. The molecule has 1 amide bonds. The molecule has 2 aromatic heterocycles. The molecule has 0 spiro atoms. The van der Waals surface area contributed by atoms with Crippen molar-refractivity contribution in [2.24, 2.45) is 5.92 Å². The second kappa shape index (κ2) is 6.74. The fourth-order valence-corrected chi connectivity index (χ4v) is 2.79. The van der Waals surface area contributed by atoms with Crippen LogP contribution >= 0.6 is 0 Å². The molecule has 1 aliphatic heterocycles.